The number of fused-ring (bicyclic) bond motifs is 1. The van der Waals surface area contributed by atoms with E-state index in [0.717, 1.165) is 11.3 Å². The lowest BCUT2D eigenvalue weighted by Crippen LogP contribution is -2.52. The third kappa shape index (κ3) is 3.30. The number of ether oxygens (including phenoxy) is 2. The predicted octanol–water partition coefficient (Wildman–Crippen LogP) is 2.32. The molecule has 0 N–H and O–H groups in total. The normalized spacial score (nSPS) is 17.1. The second-order valence-corrected chi connectivity index (χ2v) is 6.47. The Morgan fingerprint density at radius 2 is 1.91 bits per heavy atom. The van der Waals surface area contributed by atoms with Gasteiger partial charge in [-0.1, -0.05) is 18.2 Å². The maximum atomic E-state index is 12.4. The molecule has 0 spiro atoms. The van der Waals surface area contributed by atoms with E-state index >= 15 is 0 Å². The highest BCUT2D eigenvalue weighted by Crippen LogP contribution is 2.32. The molecule has 2 atom stereocenters. The van der Waals surface area contributed by atoms with E-state index in [2.05, 4.69) is 0 Å². The van der Waals surface area contributed by atoms with Gasteiger partial charge in [0.1, 0.15) is 0 Å². The summed E-state index contributed by atoms with van der Waals surface area (Å²) in [6.07, 6.45) is -0.186. The van der Waals surface area contributed by atoms with Gasteiger partial charge in [0.2, 0.25) is 5.91 Å². The summed E-state index contributed by atoms with van der Waals surface area (Å²) < 4.78 is 10.8. The van der Waals surface area contributed by atoms with Gasteiger partial charge in [0.15, 0.2) is 6.04 Å². The van der Waals surface area contributed by atoms with Crippen LogP contribution in [0.2, 0.25) is 0 Å². The molecule has 0 aliphatic carbocycles. The summed E-state index contributed by atoms with van der Waals surface area (Å²) in [7, 11) is 1.32. The summed E-state index contributed by atoms with van der Waals surface area (Å²) in [5.74, 6) is -0.581. The fourth-order valence-electron chi connectivity index (χ4n) is 2.83. The highest BCUT2D eigenvalue weighted by Gasteiger charge is 2.42. The minimum atomic E-state index is -0.791. The van der Waals surface area contributed by atoms with Crippen molar-refractivity contribution in [3.05, 3.63) is 29.8 Å². The Morgan fingerprint density at radius 1 is 1.27 bits per heavy atom. The largest absolute Gasteiger partial charge is 0.467 e. The Labute approximate surface area is 131 Å². The first-order valence-electron chi connectivity index (χ1n) is 7.40. The topological polar surface area (TPSA) is 55.8 Å². The SMILES string of the molecule is COC(=O)C([C@@H](C)OC(C)(C)C)N1C(=O)Cc2ccccc21. The van der Waals surface area contributed by atoms with Crippen molar-refractivity contribution in [2.75, 3.05) is 12.0 Å². The van der Waals surface area contributed by atoms with Gasteiger partial charge in [-0.05, 0) is 39.3 Å². The molecule has 5 heteroatoms. The van der Waals surface area contributed by atoms with Crippen LogP contribution in [0.25, 0.3) is 0 Å². The van der Waals surface area contributed by atoms with E-state index in [9.17, 15) is 9.59 Å². The molecule has 0 aromatic heterocycles. The summed E-state index contributed by atoms with van der Waals surface area (Å²) in [6, 6.07) is 6.70. The van der Waals surface area contributed by atoms with Crippen LogP contribution >= 0.6 is 0 Å². The number of para-hydroxylation sites is 1. The van der Waals surface area contributed by atoms with Crippen LogP contribution in [0.1, 0.15) is 33.3 Å². The van der Waals surface area contributed by atoms with Gasteiger partial charge in [-0.2, -0.15) is 0 Å². The molecule has 1 amide bonds. The van der Waals surface area contributed by atoms with Crippen molar-refractivity contribution in [3.63, 3.8) is 0 Å². The Kier molecular flexibility index (Phi) is 4.56. The number of rotatable bonds is 4. The molecule has 0 radical (unpaired) electrons. The summed E-state index contributed by atoms with van der Waals surface area (Å²) in [5.41, 5.74) is 1.25. The lowest BCUT2D eigenvalue weighted by atomic mass is 10.1. The van der Waals surface area contributed by atoms with Crippen LogP contribution in [-0.4, -0.2) is 36.7 Å². The number of benzene rings is 1. The summed E-state index contributed by atoms with van der Waals surface area (Å²) in [5, 5.41) is 0. The molecule has 1 aromatic rings. The molecule has 1 aliphatic rings. The van der Waals surface area contributed by atoms with Gasteiger partial charge in [0, 0.05) is 5.69 Å². The molecule has 2 rings (SSSR count). The minimum Gasteiger partial charge on any atom is -0.467 e. The molecule has 0 fully saturated rings. The standard InChI is InChI=1S/C17H23NO4/c1-11(22-17(2,3)4)15(16(20)21-5)18-13-9-7-6-8-12(13)10-14(18)19/h6-9,11,15H,10H2,1-5H3/t11-,15?/m1/s1. The number of methoxy groups -OCH3 is 1. The third-order valence-corrected chi connectivity index (χ3v) is 3.57. The first kappa shape index (κ1) is 16.5. The minimum absolute atomic E-state index is 0.110. The average molecular weight is 305 g/mol. The van der Waals surface area contributed by atoms with Gasteiger partial charge < -0.3 is 9.47 Å². The van der Waals surface area contributed by atoms with Crippen molar-refractivity contribution < 1.29 is 19.1 Å². The molecule has 0 bridgehead atoms. The number of nitrogens with zero attached hydrogens (tertiary/aromatic N) is 1. The Bertz CT molecular complexity index is 576. The zero-order valence-electron chi connectivity index (χ0n) is 13.8. The predicted molar refractivity (Wildman–Crippen MR) is 83.7 cm³/mol. The van der Waals surface area contributed by atoms with E-state index in [4.69, 9.17) is 9.47 Å². The van der Waals surface area contributed by atoms with E-state index in [1.807, 2.05) is 45.0 Å². The molecule has 22 heavy (non-hydrogen) atoms. The average Bonchev–Trinajstić information content (AvgIpc) is 2.73. The van der Waals surface area contributed by atoms with Crippen LogP contribution in [0.15, 0.2) is 24.3 Å². The van der Waals surface area contributed by atoms with Gasteiger partial charge in [0.25, 0.3) is 0 Å². The van der Waals surface area contributed by atoms with Crippen molar-refractivity contribution in [1.29, 1.82) is 0 Å². The Balaban J connectivity index is 2.38. The smallest absolute Gasteiger partial charge is 0.331 e. The van der Waals surface area contributed by atoms with Crippen molar-refractivity contribution in [3.8, 4) is 0 Å². The molecule has 1 unspecified atom stereocenters. The molecule has 1 aromatic carbocycles. The fourth-order valence-corrected chi connectivity index (χ4v) is 2.83. The van der Waals surface area contributed by atoms with E-state index in [1.54, 1.807) is 6.92 Å². The monoisotopic (exact) mass is 305 g/mol. The van der Waals surface area contributed by atoms with Gasteiger partial charge in [-0.25, -0.2) is 4.79 Å². The van der Waals surface area contributed by atoms with Gasteiger partial charge >= 0.3 is 5.97 Å². The molecular formula is C17H23NO4. The van der Waals surface area contributed by atoms with Gasteiger partial charge in [-0.3, -0.25) is 9.69 Å². The molecule has 1 aliphatic heterocycles. The number of amides is 1. The summed E-state index contributed by atoms with van der Waals surface area (Å²) in [4.78, 5) is 26.2. The number of hydrogen-bond donors (Lipinski definition) is 0. The highest BCUT2D eigenvalue weighted by molar-refractivity contribution is 6.05. The van der Waals surface area contributed by atoms with E-state index in [0.29, 0.717) is 6.42 Å². The number of hydrogen-bond acceptors (Lipinski definition) is 4. The first-order chi connectivity index (χ1) is 10.2. The quantitative estimate of drug-likeness (QED) is 0.801. The lowest BCUT2D eigenvalue weighted by Gasteiger charge is -2.34. The summed E-state index contributed by atoms with van der Waals surface area (Å²) >= 11 is 0. The van der Waals surface area contributed by atoms with Crippen LogP contribution in [0.3, 0.4) is 0 Å². The van der Waals surface area contributed by atoms with E-state index < -0.39 is 23.7 Å². The Morgan fingerprint density at radius 3 is 2.50 bits per heavy atom. The maximum Gasteiger partial charge on any atom is 0.331 e. The van der Waals surface area contributed by atoms with Crippen molar-refractivity contribution in [2.45, 2.75) is 51.9 Å². The third-order valence-electron chi connectivity index (χ3n) is 3.57. The van der Waals surface area contributed by atoms with Crippen LogP contribution in [0.4, 0.5) is 5.69 Å². The number of carbonyl (C=O) groups is 2. The van der Waals surface area contributed by atoms with Gasteiger partial charge in [0.05, 0.1) is 25.2 Å². The zero-order chi connectivity index (χ0) is 16.5. The molecule has 0 saturated heterocycles. The zero-order valence-corrected chi connectivity index (χ0v) is 13.8. The number of esters is 1. The highest BCUT2D eigenvalue weighted by atomic mass is 16.5. The maximum absolute atomic E-state index is 12.4. The molecule has 120 valence electrons. The van der Waals surface area contributed by atoms with Crippen molar-refractivity contribution >= 4 is 17.6 Å². The number of carbonyl (C=O) groups excluding carboxylic acids is 2. The molecular weight excluding hydrogens is 282 g/mol. The second-order valence-electron chi connectivity index (χ2n) is 6.47. The van der Waals surface area contributed by atoms with E-state index in [1.165, 1.54) is 12.0 Å². The van der Waals surface area contributed by atoms with Crippen LogP contribution in [0, 0.1) is 0 Å². The van der Waals surface area contributed by atoms with Crippen molar-refractivity contribution in [1.82, 2.24) is 0 Å². The molecule has 1 heterocycles. The lowest BCUT2D eigenvalue weighted by molar-refractivity contribution is -0.150. The molecule has 5 nitrogen and oxygen atoms in total. The Hall–Kier alpha value is -1.88. The van der Waals surface area contributed by atoms with Crippen LogP contribution in [-0.2, 0) is 25.5 Å². The molecule has 0 saturated carbocycles. The fraction of sp³-hybridized carbons (Fsp3) is 0.529. The van der Waals surface area contributed by atoms with Crippen LogP contribution < -0.4 is 4.90 Å². The van der Waals surface area contributed by atoms with E-state index in [-0.39, 0.29) is 5.91 Å². The summed E-state index contributed by atoms with van der Waals surface area (Å²) in [6.45, 7) is 7.54. The van der Waals surface area contributed by atoms with Crippen molar-refractivity contribution in [2.24, 2.45) is 0 Å². The second kappa shape index (κ2) is 6.08. The van der Waals surface area contributed by atoms with Gasteiger partial charge in [-0.15, -0.1) is 0 Å². The van der Waals surface area contributed by atoms with Crippen LogP contribution in [0.5, 0.6) is 0 Å². The first-order valence-corrected chi connectivity index (χ1v) is 7.40. The number of anilines is 1.